The predicted molar refractivity (Wildman–Crippen MR) is 56.4 cm³/mol. The van der Waals surface area contributed by atoms with Crippen molar-refractivity contribution >= 4 is 44.2 Å². The predicted octanol–water partition coefficient (Wildman–Crippen LogP) is 3.42. The molecule has 11 heavy (non-hydrogen) atoms. The third-order valence-corrected chi connectivity index (χ3v) is 4.17. The Labute approximate surface area is 82.7 Å². The van der Waals surface area contributed by atoms with Crippen LogP contribution in [0.2, 0.25) is 5.02 Å². The van der Waals surface area contributed by atoms with E-state index in [1.165, 1.54) is 21.8 Å². The molecule has 1 aromatic carbocycles. The van der Waals surface area contributed by atoms with Crippen LogP contribution in [0.15, 0.2) is 23.1 Å². The SMILES string of the molecule is Clc1ccc2c(c1)C(Br)C=[SH]2. The largest absolute Gasteiger partial charge is 0.172 e. The Kier molecular flexibility index (Phi) is 2.08. The molecule has 0 nitrogen and oxygen atoms in total. The van der Waals surface area contributed by atoms with E-state index in [4.69, 9.17) is 11.6 Å². The van der Waals surface area contributed by atoms with Gasteiger partial charge in [0, 0.05) is 9.92 Å². The van der Waals surface area contributed by atoms with Gasteiger partial charge in [-0.2, -0.15) is 11.4 Å². The average Bonchev–Trinajstić information content (AvgIpc) is 2.33. The minimum atomic E-state index is 0.387. The minimum Gasteiger partial charge on any atom is -0.172 e. The van der Waals surface area contributed by atoms with Crippen molar-refractivity contribution in [3.05, 3.63) is 28.8 Å². The Hall–Kier alpha value is 0.210. The lowest BCUT2D eigenvalue weighted by atomic mass is 10.2. The van der Waals surface area contributed by atoms with Crippen LogP contribution in [0.5, 0.6) is 0 Å². The van der Waals surface area contributed by atoms with E-state index in [0.29, 0.717) is 4.83 Å². The van der Waals surface area contributed by atoms with Crippen molar-refractivity contribution in [2.75, 3.05) is 0 Å². The summed E-state index contributed by atoms with van der Waals surface area (Å²) in [4.78, 5) is 1.74. The molecule has 0 radical (unpaired) electrons. The lowest BCUT2D eigenvalue weighted by Crippen LogP contribution is -1.84. The number of benzene rings is 1. The maximum absolute atomic E-state index is 5.85. The van der Waals surface area contributed by atoms with Crippen LogP contribution in [0.4, 0.5) is 0 Å². The van der Waals surface area contributed by atoms with Gasteiger partial charge < -0.3 is 0 Å². The summed E-state index contributed by atoms with van der Waals surface area (Å²) in [6.07, 6.45) is 0. The normalized spacial score (nSPS) is 21.1. The second-order valence-corrected chi connectivity index (χ2v) is 4.84. The van der Waals surface area contributed by atoms with E-state index >= 15 is 0 Å². The second kappa shape index (κ2) is 2.92. The van der Waals surface area contributed by atoms with Crippen LogP contribution in [0.1, 0.15) is 10.4 Å². The summed E-state index contributed by atoms with van der Waals surface area (Å²) >= 11 is 10.7. The van der Waals surface area contributed by atoms with Crippen molar-refractivity contribution in [1.29, 1.82) is 0 Å². The highest BCUT2D eigenvalue weighted by Gasteiger charge is 2.13. The summed E-state index contributed by atoms with van der Waals surface area (Å²) in [5, 5.41) is 3.03. The minimum absolute atomic E-state index is 0.387. The number of hydrogen-bond donors (Lipinski definition) is 1. The van der Waals surface area contributed by atoms with Crippen LogP contribution in [-0.4, -0.2) is 5.37 Å². The van der Waals surface area contributed by atoms with Gasteiger partial charge in [-0.05, 0) is 29.1 Å². The molecule has 0 saturated carbocycles. The van der Waals surface area contributed by atoms with Crippen molar-refractivity contribution in [1.82, 2.24) is 0 Å². The summed E-state index contributed by atoms with van der Waals surface area (Å²) in [6, 6.07) is 6.04. The Morgan fingerprint density at radius 3 is 3.09 bits per heavy atom. The Morgan fingerprint density at radius 1 is 1.45 bits per heavy atom. The molecule has 3 heteroatoms. The van der Waals surface area contributed by atoms with E-state index in [2.05, 4.69) is 27.4 Å². The lowest BCUT2D eigenvalue weighted by Gasteiger charge is -2.01. The Balaban J connectivity index is 2.58. The van der Waals surface area contributed by atoms with Gasteiger partial charge in [-0.15, -0.1) is 0 Å². The van der Waals surface area contributed by atoms with Crippen LogP contribution >= 0.6 is 38.9 Å². The number of alkyl halides is 1. The van der Waals surface area contributed by atoms with Gasteiger partial charge in [0.1, 0.15) is 0 Å². The Bertz CT molecular complexity index is 322. The maximum Gasteiger partial charge on any atom is 0.0640 e. The van der Waals surface area contributed by atoms with Gasteiger partial charge in [0.2, 0.25) is 0 Å². The first-order valence-corrected chi connectivity index (χ1v) is 5.51. The molecular weight excluding hydrogens is 244 g/mol. The van der Waals surface area contributed by atoms with Gasteiger partial charge in [-0.1, -0.05) is 27.5 Å². The molecule has 1 unspecified atom stereocenters. The first kappa shape index (κ1) is 7.84. The van der Waals surface area contributed by atoms with Crippen LogP contribution in [0, 0.1) is 0 Å². The summed E-state index contributed by atoms with van der Waals surface area (Å²) in [5.41, 5.74) is 1.30. The zero-order valence-corrected chi connectivity index (χ0v) is 8.83. The number of halogens is 2. The molecule has 0 fully saturated rings. The summed E-state index contributed by atoms with van der Waals surface area (Å²) in [6.45, 7) is 0. The third kappa shape index (κ3) is 1.40. The molecule has 1 aliphatic rings. The average molecular weight is 250 g/mol. The summed E-state index contributed by atoms with van der Waals surface area (Å²) in [5.74, 6) is 0. The monoisotopic (exact) mass is 248 g/mol. The van der Waals surface area contributed by atoms with E-state index in [1.54, 1.807) is 0 Å². The molecule has 0 N–H and O–H groups in total. The first-order valence-electron chi connectivity index (χ1n) is 3.25. The fraction of sp³-hybridized carbons (Fsp3) is 0.125. The highest BCUT2D eigenvalue weighted by molar-refractivity contribution is 9.09. The molecule has 0 spiro atoms. The van der Waals surface area contributed by atoms with Gasteiger partial charge in [-0.25, -0.2) is 0 Å². The third-order valence-electron chi connectivity index (χ3n) is 1.63. The molecular formula is C8H6BrClS. The number of hydrogen-bond acceptors (Lipinski definition) is 0. The molecule has 1 atom stereocenters. The molecule has 1 heterocycles. The fourth-order valence-corrected chi connectivity index (χ4v) is 3.15. The second-order valence-electron chi connectivity index (χ2n) is 2.38. The first-order chi connectivity index (χ1) is 5.27. The lowest BCUT2D eigenvalue weighted by molar-refractivity contribution is 1.26. The van der Waals surface area contributed by atoms with Crippen molar-refractivity contribution < 1.29 is 0 Å². The fourth-order valence-electron chi connectivity index (χ4n) is 1.09. The number of thiol groups is 1. The summed E-state index contributed by atoms with van der Waals surface area (Å²) in [7, 11) is 0. The Morgan fingerprint density at radius 2 is 2.27 bits per heavy atom. The van der Waals surface area contributed by atoms with E-state index < -0.39 is 0 Å². The standard InChI is InChI=1S/C8H6BrClS/c9-7-4-11-8-2-1-5(10)3-6(7)8/h1-4,7,11H. The smallest absolute Gasteiger partial charge is 0.0640 e. The summed E-state index contributed by atoms with van der Waals surface area (Å²) < 4.78 is 0. The molecule has 0 aromatic heterocycles. The molecule has 1 aromatic rings. The molecule has 58 valence electrons. The molecule has 0 saturated heterocycles. The highest BCUT2D eigenvalue weighted by atomic mass is 79.9. The number of rotatable bonds is 0. The molecule has 1 aliphatic heterocycles. The van der Waals surface area contributed by atoms with Crippen LogP contribution in [0.3, 0.4) is 0 Å². The molecule has 0 aliphatic carbocycles. The van der Waals surface area contributed by atoms with E-state index in [9.17, 15) is 0 Å². The van der Waals surface area contributed by atoms with Crippen LogP contribution in [-0.2, 0) is 0 Å². The van der Waals surface area contributed by atoms with Crippen molar-refractivity contribution in [3.63, 3.8) is 0 Å². The van der Waals surface area contributed by atoms with Crippen molar-refractivity contribution in [2.45, 2.75) is 9.72 Å². The van der Waals surface area contributed by atoms with Gasteiger partial charge in [0.15, 0.2) is 0 Å². The van der Waals surface area contributed by atoms with Gasteiger partial charge in [-0.3, -0.25) is 0 Å². The molecule has 0 amide bonds. The topological polar surface area (TPSA) is 0 Å². The zero-order valence-electron chi connectivity index (χ0n) is 5.59. The van der Waals surface area contributed by atoms with E-state index in [0.717, 1.165) is 5.02 Å². The quantitative estimate of drug-likeness (QED) is 0.407. The van der Waals surface area contributed by atoms with Gasteiger partial charge in [0.25, 0.3) is 0 Å². The van der Waals surface area contributed by atoms with E-state index in [1.807, 2.05) is 12.1 Å². The number of fused-ring (bicyclic) bond motifs is 1. The highest BCUT2D eigenvalue weighted by Crippen LogP contribution is 2.36. The van der Waals surface area contributed by atoms with Crippen molar-refractivity contribution in [3.8, 4) is 0 Å². The van der Waals surface area contributed by atoms with Gasteiger partial charge in [0.05, 0.1) is 4.83 Å². The van der Waals surface area contributed by atoms with Gasteiger partial charge >= 0.3 is 0 Å². The van der Waals surface area contributed by atoms with Crippen LogP contribution < -0.4 is 0 Å². The molecule has 2 rings (SSSR count). The van der Waals surface area contributed by atoms with Crippen LogP contribution in [0.25, 0.3) is 0 Å². The van der Waals surface area contributed by atoms with E-state index in [-0.39, 0.29) is 0 Å². The zero-order chi connectivity index (χ0) is 7.84. The van der Waals surface area contributed by atoms with Crippen molar-refractivity contribution in [2.24, 2.45) is 0 Å². The molecule has 0 bridgehead atoms. The maximum atomic E-state index is 5.85.